The van der Waals surface area contributed by atoms with Gasteiger partial charge in [0.1, 0.15) is 5.75 Å². The predicted molar refractivity (Wildman–Crippen MR) is 105 cm³/mol. The van der Waals surface area contributed by atoms with Crippen molar-refractivity contribution in [3.63, 3.8) is 0 Å². The first-order chi connectivity index (χ1) is 12.7. The summed E-state index contributed by atoms with van der Waals surface area (Å²) in [5.41, 5.74) is 0. The minimum absolute atomic E-state index is 0.423. The van der Waals surface area contributed by atoms with E-state index in [1.807, 2.05) is 0 Å². The van der Waals surface area contributed by atoms with Gasteiger partial charge in [0.15, 0.2) is 11.6 Å². The molecule has 3 heteroatoms. The Morgan fingerprint density at radius 1 is 0.808 bits per heavy atom. The van der Waals surface area contributed by atoms with Crippen LogP contribution in [0.2, 0.25) is 0 Å². The van der Waals surface area contributed by atoms with E-state index in [0.717, 1.165) is 30.4 Å². The van der Waals surface area contributed by atoms with Gasteiger partial charge in [-0.2, -0.15) is 0 Å². The SMILES string of the molecule is CCCCCCCC[C@H]1CC[C@H](CCCOc2ccc(F)c(F)c2)CC1. The molecule has 0 bridgehead atoms. The van der Waals surface area contributed by atoms with E-state index in [1.165, 1.54) is 83.1 Å². The summed E-state index contributed by atoms with van der Waals surface area (Å²) >= 11 is 0. The van der Waals surface area contributed by atoms with E-state index < -0.39 is 11.6 Å². The monoisotopic (exact) mass is 366 g/mol. The lowest BCUT2D eigenvalue weighted by Gasteiger charge is -2.28. The molecule has 0 heterocycles. The minimum Gasteiger partial charge on any atom is -0.493 e. The van der Waals surface area contributed by atoms with Crippen molar-refractivity contribution in [2.24, 2.45) is 11.8 Å². The molecule has 0 radical (unpaired) electrons. The Balaban J connectivity index is 1.49. The number of ether oxygens (including phenoxy) is 1. The second-order valence-electron chi connectivity index (χ2n) is 8.01. The molecule has 1 fully saturated rings. The molecule has 0 unspecified atom stereocenters. The number of hydrogen-bond acceptors (Lipinski definition) is 1. The van der Waals surface area contributed by atoms with Gasteiger partial charge in [-0.15, -0.1) is 0 Å². The molecular weight excluding hydrogens is 330 g/mol. The molecule has 0 aliphatic heterocycles. The first kappa shape index (κ1) is 21.2. The topological polar surface area (TPSA) is 9.23 Å². The van der Waals surface area contributed by atoms with Crippen LogP contribution in [0.1, 0.15) is 90.4 Å². The fourth-order valence-electron chi connectivity index (χ4n) is 4.15. The smallest absolute Gasteiger partial charge is 0.162 e. The summed E-state index contributed by atoms with van der Waals surface area (Å²) in [6.45, 7) is 2.86. The third-order valence-corrected chi connectivity index (χ3v) is 5.85. The summed E-state index contributed by atoms with van der Waals surface area (Å²) in [5.74, 6) is 0.535. The van der Waals surface area contributed by atoms with Crippen molar-refractivity contribution in [3.8, 4) is 5.75 Å². The molecule has 1 aromatic carbocycles. The molecule has 1 nitrogen and oxygen atoms in total. The zero-order valence-corrected chi connectivity index (χ0v) is 16.5. The number of hydrogen-bond donors (Lipinski definition) is 0. The fraction of sp³-hybridized carbons (Fsp3) is 0.739. The van der Waals surface area contributed by atoms with Crippen molar-refractivity contribution in [2.45, 2.75) is 90.4 Å². The van der Waals surface area contributed by atoms with Crippen LogP contribution in [0.5, 0.6) is 5.75 Å². The normalized spacial score (nSPS) is 20.3. The first-order valence-electron chi connectivity index (χ1n) is 10.8. The second-order valence-corrected chi connectivity index (χ2v) is 8.01. The van der Waals surface area contributed by atoms with Crippen molar-refractivity contribution in [1.29, 1.82) is 0 Å². The molecule has 0 amide bonds. The van der Waals surface area contributed by atoms with Gasteiger partial charge in [0.05, 0.1) is 6.61 Å². The highest BCUT2D eigenvalue weighted by Crippen LogP contribution is 2.34. The predicted octanol–water partition coefficient (Wildman–Crippen LogP) is 7.68. The number of benzene rings is 1. The van der Waals surface area contributed by atoms with E-state index in [9.17, 15) is 8.78 Å². The van der Waals surface area contributed by atoms with Crippen molar-refractivity contribution >= 4 is 0 Å². The number of unbranched alkanes of at least 4 members (excludes halogenated alkanes) is 5. The average Bonchev–Trinajstić information content (AvgIpc) is 2.65. The van der Waals surface area contributed by atoms with Gasteiger partial charge in [0.2, 0.25) is 0 Å². The van der Waals surface area contributed by atoms with E-state index in [2.05, 4.69) is 6.92 Å². The maximum Gasteiger partial charge on any atom is 0.162 e. The Hall–Kier alpha value is -1.12. The highest BCUT2D eigenvalue weighted by atomic mass is 19.2. The van der Waals surface area contributed by atoms with E-state index in [4.69, 9.17) is 4.74 Å². The van der Waals surface area contributed by atoms with Crippen LogP contribution in [-0.4, -0.2) is 6.61 Å². The summed E-state index contributed by atoms with van der Waals surface area (Å²) in [7, 11) is 0. The largest absolute Gasteiger partial charge is 0.493 e. The van der Waals surface area contributed by atoms with Gasteiger partial charge in [-0.05, 0) is 36.8 Å². The Kier molecular flexibility index (Phi) is 10.0. The van der Waals surface area contributed by atoms with Crippen LogP contribution >= 0.6 is 0 Å². The maximum atomic E-state index is 13.1. The molecule has 1 aromatic rings. The maximum absolute atomic E-state index is 13.1. The summed E-state index contributed by atoms with van der Waals surface area (Å²) in [6, 6.07) is 3.74. The number of rotatable bonds is 12. The van der Waals surface area contributed by atoms with E-state index in [1.54, 1.807) is 0 Å². The Morgan fingerprint density at radius 3 is 2.08 bits per heavy atom. The van der Waals surface area contributed by atoms with Crippen LogP contribution in [0.3, 0.4) is 0 Å². The van der Waals surface area contributed by atoms with Gasteiger partial charge in [-0.3, -0.25) is 0 Å². The molecule has 0 aromatic heterocycles. The molecule has 0 atom stereocenters. The van der Waals surface area contributed by atoms with E-state index in [0.29, 0.717) is 12.4 Å². The van der Waals surface area contributed by atoms with Crippen molar-refractivity contribution in [3.05, 3.63) is 29.8 Å². The summed E-state index contributed by atoms with van der Waals surface area (Å²) in [4.78, 5) is 0. The molecule has 0 saturated heterocycles. The lowest BCUT2D eigenvalue weighted by atomic mass is 9.78. The van der Waals surface area contributed by atoms with Crippen LogP contribution in [0, 0.1) is 23.5 Å². The molecule has 1 aliphatic rings. The van der Waals surface area contributed by atoms with Gasteiger partial charge in [0.25, 0.3) is 0 Å². The Morgan fingerprint density at radius 2 is 1.42 bits per heavy atom. The lowest BCUT2D eigenvalue weighted by molar-refractivity contribution is 0.227. The van der Waals surface area contributed by atoms with Gasteiger partial charge in [-0.1, -0.05) is 77.6 Å². The first-order valence-corrected chi connectivity index (χ1v) is 10.8. The molecule has 148 valence electrons. The van der Waals surface area contributed by atoms with E-state index >= 15 is 0 Å². The van der Waals surface area contributed by atoms with Crippen LogP contribution in [0.25, 0.3) is 0 Å². The molecule has 0 N–H and O–H groups in total. The third-order valence-electron chi connectivity index (χ3n) is 5.85. The molecule has 0 spiro atoms. The third kappa shape index (κ3) is 8.05. The van der Waals surface area contributed by atoms with E-state index in [-0.39, 0.29) is 0 Å². The molecule has 2 rings (SSSR count). The highest BCUT2D eigenvalue weighted by molar-refractivity contribution is 5.23. The standard InChI is InChI=1S/C23H36F2O/c1-2-3-4-5-6-7-9-19-11-13-20(14-12-19)10-8-17-26-21-15-16-22(24)23(25)18-21/h15-16,18-20H,2-14,17H2,1H3/t19-,20-. The quantitative estimate of drug-likeness (QED) is 0.345. The summed E-state index contributed by atoms with van der Waals surface area (Å²) in [6.07, 6.45) is 17.5. The van der Waals surface area contributed by atoms with Gasteiger partial charge < -0.3 is 4.74 Å². The fourth-order valence-corrected chi connectivity index (χ4v) is 4.15. The molecular formula is C23H36F2O. The van der Waals surface area contributed by atoms with Gasteiger partial charge in [0, 0.05) is 6.07 Å². The number of halogens is 2. The molecule has 1 saturated carbocycles. The second kappa shape index (κ2) is 12.3. The lowest BCUT2D eigenvalue weighted by Crippen LogP contribution is -2.15. The van der Waals surface area contributed by atoms with Crippen LogP contribution in [0.4, 0.5) is 8.78 Å². The van der Waals surface area contributed by atoms with Crippen LogP contribution in [0.15, 0.2) is 18.2 Å². The zero-order valence-electron chi connectivity index (χ0n) is 16.5. The van der Waals surface area contributed by atoms with Crippen molar-refractivity contribution < 1.29 is 13.5 Å². The van der Waals surface area contributed by atoms with Gasteiger partial charge in [-0.25, -0.2) is 8.78 Å². The Labute approximate surface area is 158 Å². The zero-order chi connectivity index (χ0) is 18.6. The van der Waals surface area contributed by atoms with Crippen molar-refractivity contribution in [1.82, 2.24) is 0 Å². The average molecular weight is 367 g/mol. The molecule has 1 aliphatic carbocycles. The highest BCUT2D eigenvalue weighted by Gasteiger charge is 2.20. The minimum atomic E-state index is -0.841. The van der Waals surface area contributed by atoms with Crippen LogP contribution < -0.4 is 4.74 Å². The summed E-state index contributed by atoms with van der Waals surface area (Å²) < 4.78 is 31.5. The summed E-state index contributed by atoms with van der Waals surface area (Å²) in [5, 5.41) is 0. The Bertz CT molecular complexity index is 495. The van der Waals surface area contributed by atoms with Crippen molar-refractivity contribution in [2.75, 3.05) is 6.61 Å². The van der Waals surface area contributed by atoms with Crippen LogP contribution in [-0.2, 0) is 0 Å². The molecule has 26 heavy (non-hydrogen) atoms. The van der Waals surface area contributed by atoms with Gasteiger partial charge >= 0.3 is 0 Å².